The number of hydrogen-bond acceptors (Lipinski definition) is 6. The lowest BCUT2D eigenvalue weighted by molar-refractivity contribution is 0.00700. The van der Waals surface area contributed by atoms with Crippen LogP contribution in [0.25, 0.3) is 0 Å². The van der Waals surface area contributed by atoms with Crippen molar-refractivity contribution in [2.75, 3.05) is 55.0 Å². The molecule has 2 rings (SSSR count). The topological polar surface area (TPSA) is 87.7 Å². The van der Waals surface area contributed by atoms with Crippen molar-refractivity contribution in [1.29, 1.82) is 0 Å². The Morgan fingerprint density at radius 2 is 1.87 bits per heavy atom. The maximum absolute atomic E-state index is 12.1. The number of rotatable bonds is 7. The standard InChI is InChI=1S/C22H37N5O4/c1-22(2,3)31-21(28)27-13-16(14-27)25-20(23-4)24-12-17(26(5)6)15-9-10-18(29-7)19(11-15)30-8/h9-11,16-17H,12-14H2,1-8H3,(H2,23,24,25). The largest absolute Gasteiger partial charge is 0.493 e. The van der Waals surface area contributed by atoms with Gasteiger partial charge in [-0.25, -0.2) is 4.79 Å². The summed E-state index contributed by atoms with van der Waals surface area (Å²) in [4.78, 5) is 20.2. The molecule has 0 saturated carbocycles. The van der Waals surface area contributed by atoms with Crippen LogP contribution in [0.2, 0.25) is 0 Å². The number of hydrogen-bond donors (Lipinski definition) is 2. The van der Waals surface area contributed by atoms with Crippen LogP contribution in [0.4, 0.5) is 4.79 Å². The van der Waals surface area contributed by atoms with Crippen LogP contribution >= 0.6 is 0 Å². The van der Waals surface area contributed by atoms with Crippen molar-refractivity contribution in [2.24, 2.45) is 4.99 Å². The Labute approximate surface area is 185 Å². The summed E-state index contributed by atoms with van der Waals surface area (Å²) in [7, 11) is 9.06. The Morgan fingerprint density at radius 1 is 1.23 bits per heavy atom. The molecular formula is C22H37N5O4. The minimum Gasteiger partial charge on any atom is -0.493 e. The highest BCUT2D eigenvalue weighted by Gasteiger charge is 2.34. The fourth-order valence-electron chi connectivity index (χ4n) is 3.29. The molecule has 0 aromatic heterocycles. The van der Waals surface area contributed by atoms with Gasteiger partial charge in [0.2, 0.25) is 0 Å². The molecule has 2 N–H and O–H groups in total. The lowest BCUT2D eigenvalue weighted by Gasteiger charge is -2.40. The van der Waals surface area contributed by atoms with Crippen molar-refractivity contribution in [1.82, 2.24) is 20.4 Å². The fraction of sp³-hybridized carbons (Fsp3) is 0.636. The molecule has 1 heterocycles. The van der Waals surface area contributed by atoms with Gasteiger partial charge in [-0.3, -0.25) is 4.99 Å². The van der Waals surface area contributed by atoms with Crippen LogP contribution in [0.3, 0.4) is 0 Å². The number of methoxy groups -OCH3 is 2. The Kier molecular flexibility index (Phi) is 8.38. The molecule has 1 aromatic carbocycles. The molecular weight excluding hydrogens is 398 g/mol. The summed E-state index contributed by atoms with van der Waals surface area (Å²) in [6.07, 6.45) is -0.283. The van der Waals surface area contributed by atoms with E-state index in [9.17, 15) is 4.79 Å². The SMILES string of the molecule is CN=C(NCC(c1ccc(OC)c(OC)c1)N(C)C)NC1CN(C(=O)OC(C)(C)C)C1. The van der Waals surface area contributed by atoms with Crippen molar-refractivity contribution in [3.05, 3.63) is 23.8 Å². The predicted molar refractivity (Wildman–Crippen MR) is 122 cm³/mol. The molecule has 9 heteroatoms. The van der Waals surface area contributed by atoms with E-state index in [0.717, 1.165) is 5.56 Å². The van der Waals surface area contributed by atoms with Gasteiger partial charge in [0.15, 0.2) is 17.5 Å². The molecule has 1 fully saturated rings. The van der Waals surface area contributed by atoms with Gasteiger partial charge in [-0.2, -0.15) is 0 Å². The first-order valence-electron chi connectivity index (χ1n) is 10.4. The number of likely N-dealkylation sites (tertiary alicyclic amines) is 1. The number of nitrogens with zero attached hydrogens (tertiary/aromatic N) is 3. The van der Waals surface area contributed by atoms with Crippen molar-refractivity contribution in [3.63, 3.8) is 0 Å². The van der Waals surface area contributed by atoms with E-state index in [0.29, 0.717) is 37.1 Å². The van der Waals surface area contributed by atoms with E-state index in [4.69, 9.17) is 14.2 Å². The lowest BCUT2D eigenvalue weighted by Crippen LogP contribution is -2.63. The number of likely N-dealkylation sites (N-methyl/N-ethyl adjacent to an activating group) is 1. The molecule has 1 saturated heterocycles. The molecule has 0 bridgehead atoms. The van der Waals surface area contributed by atoms with Gasteiger partial charge in [-0.15, -0.1) is 0 Å². The second kappa shape index (κ2) is 10.6. The molecule has 0 aliphatic carbocycles. The van der Waals surface area contributed by atoms with E-state index >= 15 is 0 Å². The van der Waals surface area contributed by atoms with E-state index in [1.807, 2.05) is 53.1 Å². The molecule has 9 nitrogen and oxygen atoms in total. The van der Waals surface area contributed by atoms with Crippen LogP contribution in [-0.4, -0.2) is 88.5 Å². The molecule has 1 aliphatic heterocycles. The molecule has 1 amide bonds. The van der Waals surface area contributed by atoms with E-state index in [1.165, 1.54) is 0 Å². The summed E-state index contributed by atoms with van der Waals surface area (Å²) < 4.78 is 16.2. The van der Waals surface area contributed by atoms with Gasteiger partial charge in [0.1, 0.15) is 5.60 Å². The van der Waals surface area contributed by atoms with Gasteiger partial charge in [0.05, 0.1) is 26.3 Å². The number of aliphatic imine (C=N–C) groups is 1. The van der Waals surface area contributed by atoms with E-state index in [-0.39, 0.29) is 18.2 Å². The third-order valence-electron chi connectivity index (χ3n) is 4.98. The predicted octanol–water partition coefficient (Wildman–Crippen LogP) is 2.09. The van der Waals surface area contributed by atoms with Crippen molar-refractivity contribution in [2.45, 2.75) is 38.5 Å². The highest BCUT2D eigenvalue weighted by atomic mass is 16.6. The van der Waals surface area contributed by atoms with Gasteiger partial charge >= 0.3 is 6.09 Å². The van der Waals surface area contributed by atoms with Crippen LogP contribution in [0, 0.1) is 0 Å². The number of carbonyl (C=O) groups is 1. The van der Waals surface area contributed by atoms with Crippen LogP contribution in [-0.2, 0) is 4.74 Å². The molecule has 1 unspecified atom stereocenters. The summed E-state index contributed by atoms with van der Waals surface area (Å²) in [6.45, 7) is 7.42. The number of guanidine groups is 1. The van der Waals surface area contributed by atoms with E-state index in [1.54, 1.807) is 26.2 Å². The summed E-state index contributed by atoms with van der Waals surface area (Å²) >= 11 is 0. The molecule has 174 valence electrons. The Bertz CT molecular complexity index is 770. The first-order chi connectivity index (χ1) is 14.6. The number of ether oxygens (including phenoxy) is 3. The van der Waals surface area contributed by atoms with Crippen molar-refractivity contribution >= 4 is 12.1 Å². The Balaban J connectivity index is 1.91. The minimum absolute atomic E-state index is 0.0954. The van der Waals surface area contributed by atoms with Gasteiger partial charge in [0, 0.05) is 26.7 Å². The molecule has 0 radical (unpaired) electrons. The maximum atomic E-state index is 12.1. The highest BCUT2D eigenvalue weighted by molar-refractivity contribution is 5.80. The van der Waals surface area contributed by atoms with Crippen LogP contribution < -0.4 is 20.1 Å². The molecule has 1 aromatic rings. The third kappa shape index (κ3) is 6.92. The average Bonchev–Trinajstić information content (AvgIpc) is 2.66. The lowest BCUT2D eigenvalue weighted by atomic mass is 10.1. The van der Waals surface area contributed by atoms with Gasteiger partial charge in [0.25, 0.3) is 0 Å². The zero-order valence-corrected chi connectivity index (χ0v) is 20.0. The number of carbonyl (C=O) groups excluding carboxylic acids is 1. The minimum atomic E-state index is -0.488. The first kappa shape index (κ1) is 24.6. The maximum Gasteiger partial charge on any atom is 0.410 e. The normalized spacial score (nSPS) is 15.9. The van der Waals surface area contributed by atoms with Crippen LogP contribution in [0.1, 0.15) is 32.4 Å². The highest BCUT2D eigenvalue weighted by Crippen LogP contribution is 2.31. The summed E-state index contributed by atoms with van der Waals surface area (Å²) in [5, 5.41) is 6.75. The molecule has 0 spiro atoms. The van der Waals surface area contributed by atoms with Gasteiger partial charge in [-0.1, -0.05) is 6.07 Å². The first-order valence-corrected chi connectivity index (χ1v) is 10.4. The average molecular weight is 436 g/mol. The number of benzene rings is 1. The van der Waals surface area contributed by atoms with Gasteiger partial charge < -0.3 is 34.6 Å². The second-order valence-corrected chi connectivity index (χ2v) is 8.77. The Morgan fingerprint density at radius 3 is 2.39 bits per heavy atom. The number of amides is 1. The van der Waals surface area contributed by atoms with Crippen molar-refractivity contribution < 1.29 is 19.0 Å². The number of nitrogens with one attached hydrogen (secondary N) is 2. The summed E-state index contributed by atoms with van der Waals surface area (Å²) in [5.41, 5.74) is 0.615. The third-order valence-corrected chi connectivity index (χ3v) is 4.98. The zero-order valence-electron chi connectivity index (χ0n) is 20.0. The van der Waals surface area contributed by atoms with Crippen molar-refractivity contribution in [3.8, 4) is 11.5 Å². The fourth-order valence-corrected chi connectivity index (χ4v) is 3.29. The summed E-state index contributed by atoms with van der Waals surface area (Å²) in [5.74, 6) is 2.10. The second-order valence-electron chi connectivity index (χ2n) is 8.77. The molecule has 31 heavy (non-hydrogen) atoms. The zero-order chi connectivity index (χ0) is 23.2. The van der Waals surface area contributed by atoms with Crippen LogP contribution in [0.5, 0.6) is 11.5 Å². The molecule has 1 atom stereocenters. The van der Waals surface area contributed by atoms with Crippen LogP contribution in [0.15, 0.2) is 23.2 Å². The molecule has 1 aliphatic rings. The van der Waals surface area contributed by atoms with E-state index in [2.05, 4.69) is 20.5 Å². The van der Waals surface area contributed by atoms with E-state index < -0.39 is 5.60 Å². The smallest absolute Gasteiger partial charge is 0.410 e. The van der Waals surface area contributed by atoms with Gasteiger partial charge in [-0.05, 0) is 52.6 Å². The monoisotopic (exact) mass is 435 g/mol. The Hall–Kier alpha value is -2.68. The summed E-state index contributed by atoms with van der Waals surface area (Å²) in [6, 6.07) is 6.17. The quantitative estimate of drug-likeness (QED) is 0.501.